The average molecular weight is 674 g/mol. The fourth-order valence-corrected chi connectivity index (χ4v) is 6.73. The van der Waals surface area contributed by atoms with Crippen LogP contribution in [0.3, 0.4) is 0 Å². The molecule has 1 fully saturated rings. The van der Waals surface area contributed by atoms with E-state index in [-0.39, 0.29) is 35.7 Å². The van der Waals surface area contributed by atoms with Crippen molar-refractivity contribution in [2.75, 3.05) is 13.7 Å². The summed E-state index contributed by atoms with van der Waals surface area (Å²) in [5.41, 5.74) is 3.68. The topological polar surface area (TPSA) is 105 Å². The van der Waals surface area contributed by atoms with E-state index < -0.39 is 16.1 Å². The number of nitrogens with zero attached hydrogens (tertiary/aromatic N) is 1. The van der Waals surface area contributed by atoms with Crippen LogP contribution in [0.1, 0.15) is 41.5 Å². The van der Waals surface area contributed by atoms with Gasteiger partial charge in [-0.05, 0) is 84.3 Å². The van der Waals surface area contributed by atoms with Crippen LogP contribution in [-0.4, -0.2) is 50.9 Å². The maximum Gasteiger partial charge on any atom is 0.243 e. The van der Waals surface area contributed by atoms with Crippen molar-refractivity contribution in [2.45, 2.75) is 62.0 Å². The summed E-state index contributed by atoms with van der Waals surface area (Å²) in [6, 6.07) is 30.5. The van der Waals surface area contributed by atoms with Crippen LogP contribution >= 0.6 is 11.6 Å². The number of aryl methyl sites for hydroxylation is 1. The fraction of sp³-hybridized carbons (Fsp3) is 0.297. The number of hydrogen-bond acceptors (Lipinski definition) is 5. The highest BCUT2D eigenvalue weighted by molar-refractivity contribution is 7.89. The van der Waals surface area contributed by atoms with Crippen LogP contribution in [0.4, 0.5) is 0 Å². The molecule has 2 N–H and O–H groups in total. The molecule has 8 nitrogen and oxygen atoms in total. The van der Waals surface area contributed by atoms with E-state index in [1.165, 1.54) is 0 Å². The average Bonchev–Trinajstić information content (AvgIpc) is 3.90. The van der Waals surface area contributed by atoms with Gasteiger partial charge in [0.1, 0.15) is 11.8 Å². The minimum Gasteiger partial charge on any atom is -0.497 e. The molecule has 0 saturated heterocycles. The molecule has 4 aromatic carbocycles. The highest BCUT2D eigenvalue weighted by atomic mass is 35.5. The summed E-state index contributed by atoms with van der Waals surface area (Å²) in [6.07, 6.45) is 3.22. The maximum absolute atomic E-state index is 14.0. The molecule has 1 unspecified atom stereocenters. The molecular weight excluding hydrogens is 634 g/mol. The van der Waals surface area contributed by atoms with Crippen molar-refractivity contribution in [2.24, 2.45) is 0 Å². The zero-order valence-electron chi connectivity index (χ0n) is 26.4. The quantitative estimate of drug-likeness (QED) is 0.158. The highest BCUT2D eigenvalue weighted by Gasteiger charge is 2.31. The number of carbonyl (C=O) groups is 2. The van der Waals surface area contributed by atoms with Crippen molar-refractivity contribution in [3.8, 4) is 5.75 Å². The van der Waals surface area contributed by atoms with E-state index in [4.69, 9.17) is 16.3 Å². The molecule has 1 aliphatic carbocycles. The lowest BCUT2D eigenvalue weighted by Gasteiger charge is -2.32. The number of methoxy groups -OCH3 is 1. The lowest BCUT2D eigenvalue weighted by Crippen LogP contribution is -2.50. The van der Waals surface area contributed by atoms with Crippen molar-refractivity contribution < 1.29 is 22.7 Å². The van der Waals surface area contributed by atoms with Gasteiger partial charge >= 0.3 is 0 Å². The second-order valence-electron chi connectivity index (χ2n) is 11.8. The first-order chi connectivity index (χ1) is 22.7. The number of nitrogens with one attached hydrogen (secondary N) is 2. The monoisotopic (exact) mass is 673 g/mol. The van der Waals surface area contributed by atoms with Gasteiger partial charge in [-0.15, -0.1) is 0 Å². The predicted molar refractivity (Wildman–Crippen MR) is 184 cm³/mol. The number of amides is 2. The molecule has 4 aromatic rings. The zero-order valence-corrected chi connectivity index (χ0v) is 28.0. The van der Waals surface area contributed by atoms with E-state index in [1.54, 1.807) is 48.4 Å². The van der Waals surface area contributed by atoms with E-state index in [9.17, 15) is 18.0 Å². The molecule has 0 radical (unpaired) electrons. The Hall–Kier alpha value is -4.18. The lowest BCUT2D eigenvalue weighted by atomic mass is 10.0. The van der Waals surface area contributed by atoms with Crippen molar-refractivity contribution in [1.82, 2.24) is 14.9 Å². The summed E-state index contributed by atoms with van der Waals surface area (Å²) in [4.78, 5) is 29.8. The predicted octanol–water partition coefficient (Wildman–Crippen LogP) is 5.72. The minimum atomic E-state index is -3.56. The van der Waals surface area contributed by atoms with E-state index in [0.29, 0.717) is 30.8 Å². The molecule has 2 amide bonds. The zero-order chi connectivity index (χ0) is 33.2. The number of hydrogen-bond donors (Lipinski definition) is 2. The molecule has 0 heterocycles. The first-order valence-corrected chi connectivity index (χ1v) is 17.7. The third kappa shape index (κ3) is 10.2. The van der Waals surface area contributed by atoms with Gasteiger partial charge in [-0.2, -0.15) is 0 Å². The summed E-state index contributed by atoms with van der Waals surface area (Å²) in [5.74, 6) is 0.351. The Morgan fingerprint density at radius 3 is 2.09 bits per heavy atom. The summed E-state index contributed by atoms with van der Waals surface area (Å²) >= 11 is 6.15. The molecule has 5 rings (SSSR count). The van der Waals surface area contributed by atoms with Crippen LogP contribution in [-0.2, 0) is 45.4 Å². The van der Waals surface area contributed by atoms with Crippen molar-refractivity contribution in [1.29, 1.82) is 0 Å². The largest absolute Gasteiger partial charge is 0.497 e. The molecular formula is C37H40ClN3O5S. The van der Waals surface area contributed by atoms with Crippen LogP contribution in [0, 0.1) is 0 Å². The second-order valence-corrected chi connectivity index (χ2v) is 13.9. The maximum atomic E-state index is 14.0. The number of rotatable bonds is 16. The van der Waals surface area contributed by atoms with E-state index in [2.05, 4.69) is 10.0 Å². The van der Waals surface area contributed by atoms with Gasteiger partial charge in [0.05, 0.1) is 12.0 Å². The Morgan fingerprint density at radius 2 is 1.45 bits per heavy atom. The summed E-state index contributed by atoms with van der Waals surface area (Å²) in [5, 5.41) is 3.66. The van der Waals surface area contributed by atoms with Gasteiger partial charge in [0, 0.05) is 37.0 Å². The van der Waals surface area contributed by atoms with Crippen LogP contribution < -0.4 is 14.8 Å². The number of halogens is 1. The molecule has 0 aliphatic heterocycles. The highest BCUT2D eigenvalue weighted by Crippen LogP contribution is 2.23. The Kier molecular flexibility index (Phi) is 11.7. The van der Waals surface area contributed by atoms with Gasteiger partial charge in [-0.1, -0.05) is 78.3 Å². The summed E-state index contributed by atoms with van der Waals surface area (Å²) in [6.45, 7) is 0.633. The molecule has 1 atom stereocenters. The first kappa shape index (κ1) is 34.2. The van der Waals surface area contributed by atoms with E-state index >= 15 is 0 Å². The normalized spacial score (nSPS) is 13.5. The third-order valence-electron chi connectivity index (χ3n) is 8.17. The van der Waals surface area contributed by atoms with Crippen LogP contribution in [0.15, 0.2) is 108 Å². The molecule has 0 aromatic heterocycles. The Balaban J connectivity index is 1.33. The minimum absolute atomic E-state index is 0.0207. The lowest BCUT2D eigenvalue weighted by molar-refractivity contribution is -0.141. The number of sulfonamides is 1. The third-order valence-corrected chi connectivity index (χ3v) is 9.96. The molecule has 1 aliphatic rings. The van der Waals surface area contributed by atoms with Crippen LogP contribution in [0.25, 0.3) is 0 Å². The first-order valence-electron chi connectivity index (χ1n) is 15.8. The van der Waals surface area contributed by atoms with Gasteiger partial charge in [0.2, 0.25) is 21.8 Å². The molecule has 10 heteroatoms. The fourth-order valence-electron chi connectivity index (χ4n) is 5.30. The molecule has 246 valence electrons. The van der Waals surface area contributed by atoms with Crippen molar-refractivity contribution in [3.63, 3.8) is 0 Å². The Labute approximate surface area is 282 Å². The molecule has 0 bridgehead atoms. The van der Waals surface area contributed by atoms with Crippen molar-refractivity contribution >= 4 is 33.4 Å². The Bertz CT molecular complexity index is 1730. The molecule has 0 spiro atoms. The summed E-state index contributed by atoms with van der Waals surface area (Å²) < 4.78 is 33.1. The smallest absolute Gasteiger partial charge is 0.243 e. The van der Waals surface area contributed by atoms with Gasteiger partial charge in [0.15, 0.2) is 0 Å². The van der Waals surface area contributed by atoms with Gasteiger partial charge in [-0.3, -0.25) is 9.59 Å². The SMILES string of the molecule is COc1ccc(CCNC(=O)C(Cc2ccccc2)N(Cc2ccc(Cl)cc2)C(=O)CCc2ccc(S(=O)(=O)NC3CC3)cc2)cc1. The molecule has 47 heavy (non-hydrogen) atoms. The second kappa shape index (κ2) is 16.1. The van der Waals surface area contributed by atoms with Gasteiger partial charge in [0.25, 0.3) is 0 Å². The van der Waals surface area contributed by atoms with Crippen LogP contribution in [0.2, 0.25) is 5.02 Å². The van der Waals surface area contributed by atoms with Crippen molar-refractivity contribution in [3.05, 3.63) is 130 Å². The summed E-state index contributed by atoms with van der Waals surface area (Å²) in [7, 11) is -1.94. The standard InChI is InChI=1S/C37H40ClN3O5S/c1-46-33-18-9-28(10-19-33)23-24-39-37(43)35(25-29-5-3-2-4-6-29)41(26-30-7-14-31(38)15-8-30)36(42)22-13-27-11-20-34(21-12-27)47(44,45)40-32-16-17-32/h2-12,14-15,18-21,32,35,40H,13,16-17,22-26H2,1H3,(H,39,43). The van der Waals surface area contributed by atoms with E-state index in [1.807, 2.05) is 66.7 Å². The Morgan fingerprint density at radius 1 is 0.830 bits per heavy atom. The molecule has 1 saturated carbocycles. The van der Waals surface area contributed by atoms with Gasteiger partial charge in [-0.25, -0.2) is 13.1 Å². The number of benzene rings is 4. The van der Waals surface area contributed by atoms with E-state index in [0.717, 1.165) is 40.8 Å². The number of carbonyl (C=O) groups excluding carboxylic acids is 2. The van der Waals surface area contributed by atoms with Gasteiger partial charge < -0.3 is 15.0 Å². The van der Waals surface area contributed by atoms with Crippen LogP contribution in [0.5, 0.6) is 5.75 Å². The number of ether oxygens (including phenoxy) is 1.